The van der Waals surface area contributed by atoms with Gasteiger partial charge in [-0.3, -0.25) is 4.79 Å². The van der Waals surface area contributed by atoms with E-state index in [1.54, 1.807) is 13.0 Å². The van der Waals surface area contributed by atoms with Crippen LogP contribution in [0.15, 0.2) is 18.2 Å². The van der Waals surface area contributed by atoms with Crippen molar-refractivity contribution in [3.05, 3.63) is 55.4 Å². The second-order valence-corrected chi connectivity index (χ2v) is 7.70. The van der Waals surface area contributed by atoms with E-state index in [1.165, 1.54) is 24.1 Å². The maximum Gasteiger partial charge on any atom is 0.337 e. The summed E-state index contributed by atoms with van der Waals surface area (Å²) in [6.07, 6.45) is -1.63. The second-order valence-electron chi connectivity index (χ2n) is 6.62. The molecule has 0 aliphatic carbocycles. The van der Waals surface area contributed by atoms with Gasteiger partial charge < -0.3 is 19.8 Å². The number of amides is 1. The fraction of sp³-hybridized carbons (Fsp3) is 0.300. The molecule has 0 spiro atoms. The van der Waals surface area contributed by atoms with E-state index in [0.29, 0.717) is 25.9 Å². The summed E-state index contributed by atoms with van der Waals surface area (Å²) in [6, 6.07) is 4.41. The Bertz CT molecular complexity index is 991. The van der Waals surface area contributed by atoms with Crippen molar-refractivity contribution in [1.29, 1.82) is 0 Å². The Balaban J connectivity index is 2.15. The van der Waals surface area contributed by atoms with E-state index in [1.807, 2.05) is 29.5 Å². The van der Waals surface area contributed by atoms with E-state index in [4.69, 9.17) is 4.74 Å². The van der Waals surface area contributed by atoms with E-state index in [2.05, 4.69) is 0 Å². The van der Waals surface area contributed by atoms with Crippen molar-refractivity contribution in [3.8, 4) is 5.75 Å². The molecule has 0 fully saturated rings. The molecule has 2 aromatic carbocycles. The molecule has 28 heavy (non-hydrogen) atoms. The molecule has 1 heterocycles. The van der Waals surface area contributed by atoms with Crippen LogP contribution in [-0.4, -0.2) is 29.2 Å². The van der Waals surface area contributed by atoms with Gasteiger partial charge in [-0.15, -0.1) is 0 Å². The lowest BCUT2D eigenvalue weighted by molar-refractivity contribution is -0.147. The van der Waals surface area contributed by atoms with Gasteiger partial charge in [0.15, 0.2) is 17.7 Å². The molecule has 0 aromatic heterocycles. The van der Waals surface area contributed by atoms with Crippen LogP contribution in [0.25, 0.3) is 0 Å². The molecule has 0 bridgehead atoms. The van der Waals surface area contributed by atoms with Crippen molar-refractivity contribution in [3.63, 3.8) is 0 Å². The number of rotatable bonds is 4. The first-order chi connectivity index (χ1) is 13.2. The average molecular weight is 499 g/mol. The summed E-state index contributed by atoms with van der Waals surface area (Å²) < 4.78 is 19.9. The summed E-state index contributed by atoms with van der Waals surface area (Å²) in [7, 11) is 1.35. The number of hydrogen-bond acceptors (Lipinski definition) is 4. The standard InChI is InChI=1S/C20H19FINO5/c1-9-11-7-15(24)23(14-6-4-5-13(21)19(14)28-3)8-12(11)10(2)17(22)16(9)18(25)20(26)27/h4-6,18,25H,7-8H2,1-3H3,(H,26,27). The molecule has 0 saturated heterocycles. The van der Waals surface area contributed by atoms with Crippen molar-refractivity contribution in [2.24, 2.45) is 0 Å². The van der Waals surface area contributed by atoms with Crippen LogP contribution in [-0.2, 0) is 22.6 Å². The molecule has 3 rings (SSSR count). The molecule has 6 nitrogen and oxygen atoms in total. The molecule has 1 atom stereocenters. The largest absolute Gasteiger partial charge is 0.492 e. The van der Waals surface area contributed by atoms with Gasteiger partial charge in [-0.25, -0.2) is 9.18 Å². The van der Waals surface area contributed by atoms with E-state index in [-0.39, 0.29) is 24.6 Å². The first-order valence-electron chi connectivity index (χ1n) is 8.53. The number of carbonyl (C=O) groups excluding carboxylic acids is 1. The third-order valence-corrected chi connectivity index (χ3v) is 6.52. The van der Waals surface area contributed by atoms with Gasteiger partial charge in [0.05, 0.1) is 25.8 Å². The van der Waals surface area contributed by atoms with Gasteiger partial charge in [-0.1, -0.05) is 6.07 Å². The summed E-state index contributed by atoms with van der Waals surface area (Å²) in [5, 5.41) is 19.4. The third kappa shape index (κ3) is 3.24. The predicted molar refractivity (Wildman–Crippen MR) is 109 cm³/mol. The van der Waals surface area contributed by atoms with E-state index in [0.717, 1.165) is 11.1 Å². The van der Waals surface area contributed by atoms with Crippen LogP contribution < -0.4 is 9.64 Å². The first-order valence-corrected chi connectivity index (χ1v) is 9.60. The van der Waals surface area contributed by atoms with Crippen LogP contribution in [0.3, 0.4) is 0 Å². The van der Waals surface area contributed by atoms with Gasteiger partial charge in [0.25, 0.3) is 0 Å². The SMILES string of the molecule is COc1c(F)cccc1N1Cc2c(C)c(I)c(C(O)C(=O)O)c(C)c2CC1=O. The Labute approximate surface area is 175 Å². The van der Waals surface area contributed by atoms with E-state index in [9.17, 15) is 24.2 Å². The number of fused-ring (bicyclic) bond motifs is 1. The molecule has 8 heteroatoms. The van der Waals surface area contributed by atoms with Crippen LogP contribution in [0.4, 0.5) is 10.1 Å². The Morgan fingerprint density at radius 2 is 1.96 bits per heavy atom. The quantitative estimate of drug-likeness (QED) is 0.631. The Morgan fingerprint density at radius 3 is 2.57 bits per heavy atom. The zero-order chi connectivity index (χ0) is 20.7. The zero-order valence-electron chi connectivity index (χ0n) is 15.5. The second kappa shape index (κ2) is 7.67. The van der Waals surface area contributed by atoms with Gasteiger partial charge in [-0.2, -0.15) is 0 Å². The Morgan fingerprint density at radius 1 is 1.29 bits per heavy atom. The molecule has 0 saturated carbocycles. The lowest BCUT2D eigenvalue weighted by atomic mass is 9.86. The molecule has 2 N–H and O–H groups in total. The number of carboxylic acids is 1. The number of methoxy groups -OCH3 is 1. The fourth-order valence-corrected chi connectivity index (χ4v) is 4.67. The van der Waals surface area contributed by atoms with Crippen molar-refractivity contribution in [1.82, 2.24) is 0 Å². The number of anilines is 1. The van der Waals surface area contributed by atoms with Crippen LogP contribution >= 0.6 is 22.6 Å². The highest BCUT2D eigenvalue weighted by Crippen LogP contribution is 2.39. The molecule has 1 aliphatic heterocycles. The molecule has 1 unspecified atom stereocenters. The zero-order valence-corrected chi connectivity index (χ0v) is 17.7. The highest BCUT2D eigenvalue weighted by molar-refractivity contribution is 14.1. The fourth-order valence-electron chi connectivity index (χ4n) is 3.64. The number of ether oxygens (including phenoxy) is 1. The summed E-state index contributed by atoms with van der Waals surface area (Å²) in [4.78, 5) is 25.6. The number of hydrogen-bond donors (Lipinski definition) is 2. The van der Waals surface area contributed by atoms with Crippen LogP contribution in [0.2, 0.25) is 0 Å². The predicted octanol–water partition coefficient (Wildman–Crippen LogP) is 3.26. The third-order valence-electron chi connectivity index (χ3n) is 5.13. The summed E-state index contributed by atoms with van der Waals surface area (Å²) in [6.45, 7) is 3.75. The Kier molecular flexibility index (Phi) is 5.62. The highest BCUT2D eigenvalue weighted by Gasteiger charge is 2.33. The average Bonchev–Trinajstić information content (AvgIpc) is 2.65. The number of para-hydroxylation sites is 1. The van der Waals surface area contributed by atoms with Gasteiger partial charge in [0, 0.05) is 9.13 Å². The molecule has 1 amide bonds. The minimum Gasteiger partial charge on any atom is -0.492 e. The number of nitrogens with zero attached hydrogens (tertiary/aromatic N) is 1. The van der Waals surface area contributed by atoms with Gasteiger partial charge in [0.1, 0.15) is 0 Å². The molecular formula is C20H19FINO5. The van der Waals surface area contributed by atoms with Crippen molar-refractivity contribution >= 4 is 40.2 Å². The van der Waals surface area contributed by atoms with Gasteiger partial charge in [-0.05, 0) is 70.8 Å². The number of benzene rings is 2. The maximum atomic E-state index is 14.1. The van der Waals surface area contributed by atoms with Gasteiger partial charge in [0.2, 0.25) is 5.91 Å². The van der Waals surface area contributed by atoms with Crippen LogP contribution in [0.5, 0.6) is 5.75 Å². The monoisotopic (exact) mass is 499 g/mol. The smallest absolute Gasteiger partial charge is 0.337 e. The normalized spacial score (nSPS) is 14.6. The van der Waals surface area contributed by atoms with Crippen LogP contribution in [0.1, 0.15) is 33.9 Å². The summed E-state index contributed by atoms with van der Waals surface area (Å²) in [5.41, 5.74) is 3.64. The summed E-state index contributed by atoms with van der Waals surface area (Å²) >= 11 is 2.02. The number of aliphatic hydroxyl groups is 1. The lowest BCUT2D eigenvalue weighted by Gasteiger charge is -2.33. The van der Waals surface area contributed by atoms with Crippen LogP contribution in [0, 0.1) is 23.2 Å². The molecule has 148 valence electrons. The Hall–Kier alpha value is -2.20. The number of halogens is 2. The number of carboxylic acid groups (broad SMARTS) is 1. The lowest BCUT2D eigenvalue weighted by Crippen LogP contribution is -2.38. The number of aliphatic carboxylic acids is 1. The minimum atomic E-state index is -1.66. The number of aliphatic hydroxyl groups excluding tert-OH is 1. The van der Waals surface area contributed by atoms with E-state index >= 15 is 0 Å². The summed E-state index contributed by atoms with van der Waals surface area (Å²) in [5.74, 6) is -2.15. The van der Waals surface area contributed by atoms with Crippen molar-refractivity contribution in [2.75, 3.05) is 12.0 Å². The maximum absolute atomic E-state index is 14.1. The van der Waals surface area contributed by atoms with Crippen molar-refractivity contribution < 1.29 is 28.9 Å². The number of carbonyl (C=O) groups is 2. The van der Waals surface area contributed by atoms with Gasteiger partial charge >= 0.3 is 5.97 Å². The topological polar surface area (TPSA) is 87.1 Å². The molecule has 2 aromatic rings. The highest BCUT2D eigenvalue weighted by atomic mass is 127. The molecule has 0 radical (unpaired) electrons. The van der Waals surface area contributed by atoms with Crippen molar-refractivity contribution in [2.45, 2.75) is 32.9 Å². The minimum absolute atomic E-state index is 0.00120. The molecule has 1 aliphatic rings. The van der Waals surface area contributed by atoms with E-state index < -0.39 is 17.9 Å². The first kappa shape index (κ1) is 20.5. The molecular weight excluding hydrogens is 480 g/mol.